The maximum atomic E-state index is 2.65. The van der Waals surface area contributed by atoms with E-state index in [0.29, 0.717) is 5.31 Å². The van der Waals surface area contributed by atoms with Crippen LogP contribution in [0.15, 0.2) is 0 Å². The van der Waals surface area contributed by atoms with Crippen LogP contribution in [0.5, 0.6) is 0 Å². The van der Waals surface area contributed by atoms with Gasteiger partial charge in [-0.2, -0.15) is 0 Å². The fourth-order valence-corrected chi connectivity index (χ4v) is 8.90. The summed E-state index contributed by atoms with van der Waals surface area (Å²) in [7, 11) is 0. The van der Waals surface area contributed by atoms with Crippen LogP contribution in [-0.4, -0.2) is 20.0 Å². The zero-order valence-corrected chi connectivity index (χ0v) is 14.8. The third-order valence-electron chi connectivity index (χ3n) is 6.36. The van der Waals surface area contributed by atoms with E-state index in [1.165, 1.54) is 12.6 Å². The van der Waals surface area contributed by atoms with E-state index >= 15 is 0 Å². The first kappa shape index (κ1) is 14.7. The summed E-state index contributed by atoms with van der Waals surface area (Å²) in [6.45, 7) is 15.8. The van der Waals surface area contributed by atoms with E-state index in [1.807, 2.05) is 0 Å². The van der Waals surface area contributed by atoms with E-state index in [0.717, 1.165) is 22.1 Å². The van der Waals surface area contributed by atoms with Crippen molar-refractivity contribution in [3.63, 3.8) is 0 Å². The molecule has 1 rings (SSSR count). The first-order valence-electron chi connectivity index (χ1n) is 7.10. The molecule has 0 aliphatic carbocycles. The predicted molar refractivity (Wildman–Crippen MR) is 80.6 cm³/mol. The Hall–Kier alpha value is 0.608. The van der Waals surface area contributed by atoms with Crippen LogP contribution in [0.25, 0.3) is 0 Å². The van der Waals surface area contributed by atoms with Crippen molar-refractivity contribution in [1.82, 2.24) is 0 Å². The average Bonchev–Trinajstić information content (AvgIpc) is 2.13. The molecule has 0 radical (unpaired) electrons. The molecule has 0 amide bonds. The van der Waals surface area contributed by atoms with Crippen LogP contribution in [0.4, 0.5) is 0 Å². The minimum atomic E-state index is -1.47. The maximum absolute atomic E-state index is 2.65. The van der Waals surface area contributed by atoms with E-state index in [1.54, 1.807) is 0 Å². The normalized spacial score (nSPS) is 30.9. The van der Waals surface area contributed by atoms with Gasteiger partial charge in [0.1, 0.15) is 0 Å². The Morgan fingerprint density at radius 2 is 1.44 bits per heavy atom. The molecule has 16 heavy (non-hydrogen) atoms. The summed E-state index contributed by atoms with van der Waals surface area (Å²) in [5.41, 5.74) is 0. The zero-order chi connectivity index (χ0) is 12.7. The topological polar surface area (TPSA) is 0 Å². The van der Waals surface area contributed by atoms with E-state index < -0.39 is 13.3 Å². The minimum absolute atomic E-state index is 0.529. The Labute approximate surface area is 106 Å². The second-order valence-corrected chi connectivity index (χ2v) is 19.5. The molecule has 0 saturated carbocycles. The van der Waals surface area contributed by atoms with Crippen LogP contribution in [-0.2, 0) is 0 Å². The molecular formula is C14H31BGe. The molecule has 0 unspecified atom stereocenters. The summed E-state index contributed by atoms with van der Waals surface area (Å²) >= 11 is -1.47. The van der Waals surface area contributed by atoms with Crippen molar-refractivity contribution < 1.29 is 0 Å². The molecule has 1 saturated heterocycles. The predicted octanol–water partition coefficient (Wildman–Crippen LogP) is 5.42. The van der Waals surface area contributed by atoms with Crippen LogP contribution in [0, 0.1) is 5.92 Å². The molecule has 0 bridgehead atoms. The summed E-state index contributed by atoms with van der Waals surface area (Å²) in [6, 6.07) is 0. The third kappa shape index (κ3) is 2.54. The van der Waals surface area contributed by atoms with Crippen molar-refractivity contribution >= 4 is 20.0 Å². The molecular weight excluding hydrogens is 252 g/mol. The quantitative estimate of drug-likeness (QED) is 0.593. The van der Waals surface area contributed by atoms with Crippen LogP contribution >= 0.6 is 0 Å². The van der Waals surface area contributed by atoms with Gasteiger partial charge in [-0.05, 0) is 0 Å². The van der Waals surface area contributed by atoms with Gasteiger partial charge in [-0.1, -0.05) is 0 Å². The van der Waals surface area contributed by atoms with Crippen molar-refractivity contribution in [3.05, 3.63) is 0 Å². The second kappa shape index (κ2) is 4.70. The van der Waals surface area contributed by atoms with Gasteiger partial charge in [-0.3, -0.25) is 0 Å². The van der Waals surface area contributed by atoms with Crippen LogP contribution in [0.2, 0.25) is 39.0 Å². The molecule has 0 aromatic rings. The summed E-state index contributed by atoms with van der Waals surface area (Å²) in [4.78, 5) is 0. The molecule has 0 aromatic carbocycles. The Morgan fingerprint density at radius 3 is 1.75 bits per heavy atom. The number of rotatable bonds is 2. The molecule has 0 nitrogen and oxygen atoms in total. The first-order valence-corrected chi connectivity index (χ1v) is 13.7. The van der Waals surface area contributed by atoms with Crippen molar-refractivity contribution in [3.8, 4) is 0 Å². The fraction of sp³-hybridized carbons (Fsp3) is 1.00. The van der Waals surface area contributed by atoms with Gasteiger partial charge >= 0.3 is 106 Å². The third-order valence-corrected chi connectivity index (χ3v) is 18.0. The van der Waals surface area contributed by atoms with Crippen LogP contribution in [0.1, 0.15) is 41.5 Å². The van der Waals surface area contributed by atoms with E-state index in [2.05, 4.69) is 53.1 Å². The first-order chi connectivity index (χ1) is 7.10. The molecule has 1 aliphatic rings. The van der Waals surface area contributed by atoms with Crippen LogP contribution < -0.4 is 0 Å². The zero-order valence-electron chi connectivity index (χ0n) is 12.7. The van der Waals surface area contributed by atoms with Crippen LogP contribution in [0.3, 0.4) is 0 Å². The summed E-state index contributed by atoms with van der Waals surface area (Å²) < 4.78 is 2.10. The molecule has 1 heterocycles. The Balaban J connectivity index is 2.83. The van der Waals surface area contributed by atoms with E-state index in [9.17, 15) is 0 Å². The van der Waals surface area contributed by atoms with Gasteiger partial charge in [0, 0.05) is 0 Å². The van der Waals surface area contributed by atoms with E-state index in [-0.39, 0.29) is 0 Å². The summed E-state index contributed by atoms with van der Waals surface area (Å²) in [5.74, 6) is 6.10. The average molecular weight is 283 g/mol. The molecule has 0 aromatic heterocycles. The Kier molecular flexibility index (Phi) is 4.31. The van der Waals surface area contributed by atoms with Crippen molar-refractivity contribution in [1.29, 1.82) is 0 Å². The monoisotopic (exact) mass is 284 g/mol. The Bertz CT molecular complexity index is 231. The fourth-order valence-electron chi connectivity index (χ4n) is 3.12. The molecule has 94 valence electrons. The molecule has 1 aliphatic heterocycles. The van der Waals surface area contributed by atoms with Gasteiger partial charge in [-0.25, -0.2) is 0 Å². The summed E-state index contributed by atoms with van der Waals surface area (Å²) in [6.07, 6.45) is 3.00. The molecule has 0 N–H and O–H groups in total. The van der Waals surface area contributed by atoms with Crippen molar-refractivity contribution in [2.75, 3.05) is 0 Å². The van der Waals surface area contributed by atoms with Gasteiger partial charge in [0.25, 0.3) is 0 Å². The Morgan fingerprint density at radius 1 is 1.06 bits per heavy atom. The molecule has 1 fully saturated rings. The molecule has 2 atom stereocenters. The SMILES string of the molecule is CC(C)C(C)(C)B1C[C@@H](C)[Ge]([CH3])([CH3])[C@@H](C)C1. The number of hydrogen-bond donors (Lipinski definition) is 0. The standard InChI is InChI=1S/C14H31BGe/c1-11(2)14(5,6)15-9-12(3)16(7,8)13(4)10-15/h11-13H,9-10H2,1-8H3/t12-,13+. The molecule has 0 spiro atoms. The van der Waals surface area contributed by atoms with Gasteiger partial charge < -0.3 is 0 Å². The van der Waals surface area contributed by atoms with E-state index in [4.69, 9.17) is 0 Å². The number of hydrogen-bond acceptors (Lipinski definition) is 0. The second-order valence-electron chi connectivity index (χ2n) is 7.77. The van der Waals surface area contributed by atoms with Crippen molar-refractivity contribution in [2.45, 2.75) is 80.5 Å². The molecule has 2 heteroatoms. The van der Waals surface area contributed by atoms with Gasteiger partial charge in [0.05, 0.1) is 0 Å². The summed E-state index contributed by atoms with van der Waals surface area (Å²) in [5, 5.41) is 0.529. The van der Waals surface area contributed by atoms with Crippen molar-refractivity contribution in [2.24, 2.45) is 5.92 Å². The van der Waals surface area contributed by atoms with Gasteiger partial charge in [-0.15, -0.1) is 0 Å². The van der Waals surface area contributed by atoms with Gasteiger partial charge in [0.15, 0.2) is 0 Å². The van der Waals surface area contributed by atoms with Gasteiger partial charge in [0.2, 0.25) is 0 Å².